The van der Waals surface area contributed by atoms with Gasteiger partial charge in [0.2, 0.25) is 0 Å². The number of hydrogen-bond donors (Lipinski definition) is 0. The van der Waals surface area contributed by atoms with Crippen molar-refractivity contribution in [2.24, 2.45) is 0 Å². The molecular formula is C62H43NO2. The van der Waals surface area contributed by atoms with E-state index in [1.165, 1.54) is 115 Å². The van der Waals surface area contributed by atoms with Gasteiger partial charge in [0.05, 0.1) is 16.6 Å². The summed E-state index contributed by atoms with van der Waals surface area (Å²) in [4.78, 5) is 0. The zero-order valence-corrected chi connectivity index (χ0v) is 36.7. The van der Waals surface area contributed by atoms with Gasteiger partial charge in [-0.25, -0.2) is 0 Å². The van der Waals surface area contributed by atoms with Gasteiger partial charge in [0, 0.05) is 54.6 Å². The summed E-state index contributed by atoms with van der Waals surface area (Å²) in [7, 11) is 0. The van der Waals surface area contributed by atoms with Crippen molar-refractivity contribution in [1.29, 1.82) is 0 Å². The monoisotopic (exact) mass is 833 g/mol. The summed E-state index contributed by atoms with van der Waals surface area (Å²) < 4.78 is 16.0. The second kappa shape index (κ2) is 12.9. The fourth-order valence-electron chi connectivity index (χ4n) is 12.2. The number of aromatic nitrogens is 1. The lowest BCUT2D eigenvalue weighted by atomic mass is 9.72. The summed E-state index contributed by atoms with van der Waals surface area (Å²) in [6.07, 6.45) is 0. The van der Waals surface area contributed by atoms with Crippen LogP contribution in [0.15, 0.2) is 188 Å². The van der Waals surface area contributed by atoms with Crippen molar-refractivity contribution in [2.75, 3.05) is 0 Å². The van der Waals surface area contributed by atoms with Gasteiger partial charge in [-0.15, -0.1) is 0 Å². The maximum absolute atomic E-state index is 6.75. The molecule has 12 aromatic rings. The molecule has 0 atom stereocenters. The SMILES string of the molecule is CC1(C)c2ccccc2Oc2cccc(-c3cccc4c(-c5ccc6c7ccccc7n7c8ccccc8c5c67)c5cccc(-c6cccc7c6C(C)(C)c6ccccc6O7)c5cc34)c21. The highest BCUT2D eigenvalue weighted by Gasteiger charge is 2.38. The molecule has 0 saturated heterocycles. The molecule has 4 heterocycles. The molecule has 0 aliphatic carbocycles. The van der Waals surface area contributed by atoms with E-state index in [4.69, 9.17) is 9.47 Å². The Hall–Kier alpha value is -7.88. The Morgan fingerprint density at radius 2 is 0.785 bits per heavy atom. The Kier molecular flexibility index (Phi) is 7.24. The van der Waals surface area contributed by atoms with Crippen molar-refractivity contribution >= 4 is 59.6 Å². The Balaban J connectivity index is 1.13. The van der Waals surface area contributed by atoms with Crippen LogP contribution in [0.3, 0.4) is 0 Å². The van der Waals surface area contributed by atoms with Crippen LogP contribution in [-0.2, 0) is 10.8 Å². The average Bonchev–Trinajstić information content (AvgIpc) is 3.85. The van der Waals surface area contributed by atoms with Gasteiger partial charge in [-0.3, -0.25) is 0 Å². The van der Waals surface area contributed by atoms with Crippen LogP contribution in [0.1, 0.15) is 49.9 Å². The maximum Gasteiger partial charge on any atom is 0.132 e. The molecule has 0 N–H and O–H groups in total. The molecule has 3 nitrogen and oxygen atoms in total. The lowest BCUT2D eigenvalue weighted by Crippen LogP contribution is -2.25. The molecule has 0 radical (unpaired) electrons. The van der Waals surface area contributed by atoms with E-state index in [2.05, 4.69) is 220 Å². The summed E-state index contributed by atoms with van der Waals surface area (Å²) in [6.45, 7) is 9.37. The van der Waals surface area contributed by atoms with Gasteiger partial charge >= 0.3 is 0 Å². The van der Waals surface area contributed by atoms with Gasteiger partial charge in [-0.05, 0) is 97.4 Å². The molecule has 14 rings (SSSR count). The van der Waals surface area contributed by atoms with Crippen LogP contribution in [0.25, 0.3) is 93.0 Å². The first-order chi connectivity index (χ1) is 31.8. The number of fused-ring (bicyclic) bond motifs is 12. The molecule has 0 spiro atoms. The molecule has 10 aromatic carbocycles. The van der Waals surface area contributed by atoms with E-state index in [-0.39, 0.29) is 10.8 Å². The second-order valence-electron chi connectivity index (χ2n) is 19.1. The summed E-state index contributed by atoms with van der Waals surface area (Å²) in [5.41, 5.74) is 15.1. The zero-order chi connectivity index (χ0) is 43.3. The molecule has 3 heteroatoms. The van der Waals surface area contributed by atoms with Crippen molar-refractivity contribution in [3.8, 4) is 56.4 Å². The quantitative estimate of drug-likeness (QED) is 0.166. The van der Waals surface area contributed by atoms with E-state index < -0.39 is 0 Å². The highest BCUT2D eigenvalue weighted by atomic mass is 16.5. The standard InChI is InChI=1S/C62H43NO2/c1-61(2)48-25-7-11-29-52(48)64-54-31-15-23-41(58(54)61)36-19-13-21-39-46(36)35-47-37(42-24-16-32-55-59(42)62(3,4)49-26-8-12-30-53(49)65-55)20-14-22-40(47)56(39)45-34-33-43-38-17-5-9-27-50(38)63-51-28-10-6-18-44(51)57(45)60(43)63/h5-35H,1-4H3. The van der Waals surface area contributed by atoms with E-state index in [1.54, 1.807) is 0 Å². The van der Waals surface area contributed by atoms with Gasteiger partial charge in [-0.1, -0.05) is 173 Å². The second-order valence-corrected chi connectivity index (χ2v) is 19.1. The van der Waals surface area contributed by atoms with Gasteiger partial charge in [0.15, 0.2) is 0 Å². The molecule has 2 aromatic heterocycles. The highest BCUT2D eigenvalue weighted by molar-refractivity contribution is 6.30. The summed E-state index contributed by atoms with van der Waals surface area (Å²) in [6, 6.07) is 69.1. The summed E-state index contributed by atoms with van der Waals surface area (Å²) in [5.74, 6) is 3.66. The van der Waals surface area contributed by atoms with Crippen LogP contribution < -0.4 is 9.47 Å². The van der Waals surface area contributed by atoms with Crippen molar-refractivity contribution < 1.29 is 9.47 Å². The topological polar surface area (TPSA) is 22.9 Å². The fourth-order valence-corrected chi connectivity index (χ4v) is 12.2. The van der Waals surface area contributed by atoms with E-state index in [1.807, 2.05) is 0 Å². The van der Waals surface area contributed by atoms with Crippen LogP contribution in [0.5, 0.6) is 23.0 Å². The molecular weight excluding hydrogens is 791 g/mol. The fraction of sp³-hybridized carbons (Fsp3) is 0.0968. The Labute approximate surface area is 377 Å². The van der Waals surface area contributed by atoms with Crippen molar-refractivity contribution in [2.45, 2.75) is 38.5 Å². The normalized spacial score (nSPS) is 14.6. The lowest BCUT2D eigenvalue weighted by Gasteiger charge is -2.36. The zero-order valence-electron chi connectivity index (χ0n) is 36.7. The van der Waals surface area contributed by atoms with Crippen LogP contribution in [0.4, 0.5) is 0 Å². The van der Waals surface area contributed by atoms with Crippen molar-refractivity contribution in [1.82, 2.24) is 4.40 Å². The number of para-hydroxylation sites is 4. The molecule has 308 valence electrons. The smallest absolute Gasteiger partial charge is 0.132 e. The minimum atomic E-state index is -0.313. The number of rotatable bonds is 3. The first-order valence-corrected chi connectivity index (χ1v) is 22.8. The van der Waals surface area contributed by atoms with Gasteiger partial charge in [0.25, 0.3) is 0 Å². The molecule has 0 fully saturated rings. The maximum atomic E-state index is 6.75. The van der Waals surface area contributed by atoms with E-state index in [0.29, 0.717) is 0 Å². The number of nitrogens with zero attached hydrogens (tertiary/aromatic N) is 1. The van der Waals surface area contributed by atoms with Crippen LogP contribution in [0.2, 0.25) is 0 Å². The minimum absolute atomic E-state index is 0.313. The van der Waals surface area contributed by atoms with Crippen molar-refractivity contribution in [3.05, 3.63) is 210 Å². The van der Waals surface area contributed by atoms with Gasteiger partial charge in [-0.2, -0.15) is 0 Å². The van der Waals surface area contributed by atoms with Crippen LogP contribution in [0, 0.1) is 0 Å². The average molecular weight is 834 g/mol. The predicted molar refractivity (Wildman–Crippen MR) is 270 cm³/mol. The molecule has 2 aliphatic heterocycles. The number of hydrogen-bond acceptors (Lipinski definition) is 2. The molecule has 0 unspecified atom stereocenters. The van der Waals surface area contributed by atoms with Crippen LogP contribution >= 0.6 is 0 Å². The van der Waals surface area contributed by atoms with Gasteiger partial charge in [0.1, 0.15) is 23.0 Å². The third kappa shape index (κ3) is 4.80. The van der Waals surface area contributed by atoms with Crippen LogP contribution in [-0.4, -0.2) is 4.40 Å². The van der Waals surface area contributed by atoms with Crippen molar-refractivity contribution in [3.63, 3.8) is 0 Å². The van der Waals surface area contributed by atoms with E-state index in [9.17, 15) is 0 Å². The first-order valence-electron chi connectivity index (χ1n) is 22.8. The largest absolute Gasteiger partial charge is 0.457 e. The Morgan fingerprint density at radius 1 is 0.338 bits per heavy atom. The predicted octanol–water partition coefficient (Wildman–Crippen LogP) is 17.0. The van der Waals surface area contributed by atoms with E-state index in [0.717, 1.165) is 23.0 Å². The molecule has 0 bridgehead atoms. The lowest BCUT2D eigenvalue weighted by molar-refractivity contribution is 0.418. The Bertz CT molecular complexity index is 3850. The third-order valence-electron chi connectivity index (χ3n) is 15.0. The Morgan fingerprint density at radius 3 is 1.37 bits per heavy atom. The number of ether oxygens (including phenoxy) is 2. The first kappa shape index (κ1) is 36.6. The van der Waals surface area contributed by atoms with Gasteiger partial charge < -0.3 is 13.9 Å². The highest BCUT2D eigenvalue weighted by Crippen LogP contribution is 2.56. The number of benzene rings is 10. The third-order valence-corrected chi connectivity index (χ3v) is 15.0. The molecule has 65 heavy (non-hydrogen) atoms. The van der Waals surface area contributed by atoms with E-state index >= 15 is 0 Å². The molecule has 2 aliphatic rings. The minimum Gasteiger partial charge on any atom is -0.457 e. The summed E-state index contributed by atoms with van der Waals surface area (Å²) >= 11 is 0. The molecule has 0 saturated carbocycles. The molecule has 0 amide bonds. The summed E-state index contributed by atoms with van der Waals surface area (Å²) in [5, 5.41) is 9.94.